The minimum Gasteiger partial charge on any atom is -0.488 e. The van der Waals surface area contributed by atoms with Crippen LogP contribution in [0.5, 0.6) is 5.75 Å². The van der Waals surface area contributed by atoms with Crippen LogP contribution in [0.4, 0.5) is 11.5 Å². The van der Waals surface area contributed by atoms with Gasteiger partial charge in [-0.05, 0) is 38.0 Å². The number of rotatable bonds is 8. The lowest BCUT2D eigenvalue weighted by Gasteiger charge is -2.35. The van der Waals surface area contributed by atoms with Crippen molar-refractivity contribution < 1.29 is 14.3 Å². The van der Waals surface area contributed by atoms with E-state index in [4.69, 9.17) is 14.9 Å². The number of aromatic nitrogens is 2. The van der Waals surface area contributed by atoms with E-state index in [0.717, 1.165) is 35.7 Å². The zero-order chi connectivity index (χ0) is 22.7. The van der Waals surface area contributed by atoms with Gasteiger partial charge in [0.05, 0.1) is 11.4 Å². The quantitative estimate of drug-likeness (QED) is 0.609. The molecule has 2 N–H and O–H groups in total. The maximum atomic E-state index is 12.0. The number of carbonyl (C=O) groups excluding carboxylic acids is 1. The fourth-order valence-electron chi connectivity index (χ4n) is 3.77. The topological polar surface area (TPSA) is 104 Å². The lowest BCUT2D eigenvalue weighted by atomic mass is 10.0. The summed E-state index contributed by atoms with van der Waals surface area (Å²) < 4.78 is 11.0. The van der Waals surface area contributed by atoms with Crippen LogP contribution < -0.4 is 15.0 Å². The highest BCUT2D eigenvalue weighted by atomic mass is 16.5. The first-order chi connectivity index (χ1) is 15.4. The predicted octanol–water partition coefficient (Wildman–Crippen LogP) is 2.16. The Bertz CT molecular complexity index is 999. The van der Waals surface area contributed by atoms with Crippen LogP contribution in [0.2, 0.25) is 0 Å². The lowest BCUT2D eigenvalue weighted by Crippen LogP contribution is -2.50. The Labute approximate surface area is 188 Å². The molecule has 0 radical (unpaired) electrons. The predicted molar refractivity (Wildman–Crippen MR) is 123 cm³/mol. The van der Waals surface area contributed by atoms with Crippen LogP contribution in [0.15, 0.2) is 30.6 Å². The summed E-state index contributed by atoms with van der Waals surface area (Å²) in [5.41, 5.74) is 2.33. The number of ether oxygens (including phenoxy) is 2. The van der Waals surface area contributed by atoms with Gasteiger partial charge in [0.25, 0.3) is 0 Å². The first-order valence-electron chi connectivity index (χ1n) is 10.9. The maximum absolute atomic E-state index is 12.0. The highest BCUT2D eigenvalue weighted by Crippen LogP contribution is 2.40. The molecule has 0 atom stereocenters. The van der Waals surface area contributed by atoms with Gasteiger partial charge in [-0.1, -0.05) is 0 Å². The number of piperazine rings is 1. The molecule has 1 saturated heterocycles. The van der Waals surface area contributed by atoms with E-state index in [1.165, 1.54) is 13.4 Å². The number of benzene rings is 1. The second-order valence-corrected chi connectivity index (χ2v) is 8.45. The molecule has 1 aromatic carbocycles. The standard InChI is InChI=1S/C23H30N6O3/c1-23(6-7-23)32-16-4-5-18(25-2)17(12-16)22(24)19-13-20(27-15-26-19)28-8-10-29(11-9-28)21(30)14-31-3/h4-5,12-13,15,24-25H,6-11,14H2,1-3H3. The van der Waals surface area contributed by atoms with Crippen LogP contribution in [-0.4, -0.2) is 79.0 Å². The van der Waals surface area contributed by atoms with Crippen molar-refractivity contribution in [1.82, 2.24) is 14.9 Å². The first kappa shape index (κ1) is 22.0. The van der Waals surface area contributed by atoms with Gasteiger partial charge in [0.15, 0.2) is 0 Å². The van der Waals surface area contributed by atoms with Gasteiger partial charge in [-0.15, -0.1) is 0 Å². The Morgan fingerprint density at radius 1 is 1.19 bits per heavy atom. The van der Waals surface area contributed by atoms with E-state index in [-0.39, 0.29) is 18.1 Å². The van der Waals surface area contributed by atoms with E-state index in [1.807, 2.05) is 31.3 Å². The van der Waals surface area contributed by atoms with E-state index in [2.05, 4.69) is 27.1 Å². The van der Waals surface area contributed by atoms with Crippen molar-refractivity contribution in [2.24, 2.45) is 0 Å². The first-order valence-corrected chi connectivity index (χ1v) is 10.9. The number of carbonyl (C=O) groups is 1. The number of amides is 1. The smallest absolute Gasteiger partial charge is 0.248 e. The molecule has 4 rings (SSSR count). The van der Waals surface area contributed by atoms with Crippen molar-refractivity contribution in [2.75, 3.05) is 57.2 Å². The lowest BCUT2D eigenvalue weighted by molar-refractivity contribution is -0.135. The molecule has 1 aromatic heterocycles. The minimum atomic E-state index is -0.0878. The summed E-state index contributed by atoms with van der Waals surface area (Å²) in [6.07, 6.45) is 3.59. The Morgan fingerprint density at radius 3 is 2.59 bits per heavy atom. The van der Waals surface area contributed by atoms with E-state index >= 15 is 0 Å². The van der Waals surface area contributed by atoms with Gasteiger partial charge in [-0.25, -0.2) is 9.97 Å². The van der Waals surface area contributed by atoms with Crippen LogP contribution in [0, 0.1) is 5.41 Å². The molecular weight excluding hydrogens is 408 g/mol. The molecule has 9 nitrogen and oxygen atoms in total. The molecule has 9 heteroatoms. The summed E-state index contributed by atoms with van der Waals surface area (Å²) in [7, 11) is 3.36. The molecular formula is C23H30N6O3. The molecule has 0 unspecified atom stereocenters. The van der Waals surface area contributed by atoms with E-state index < -0.39 is 0 Å². The van der Waals surface area contributed by atoms with Crippen molar-refractivity contribution in [3.05, 3.63) is 41.9 Å². The van der Waals surface area contributed by atoms with Gasteiger partial charge >= 0.3 is 0 Å². The van der Waals surface area contributed by atoms with E-state index in [0.29, 0.717) is 37.6 Å². The minimum absolute atomic E-state index is 0.000873. The molecule has 2 aromatic rings. The van der Waals surface area contributed by atoms with Crippen molar-refractivity contribution in [1.29, 1.82) is 5.41 Å². The normalized spacial score (nSPS) is 17.1. The fourth-order valence-corrected chi connectivity index (χ4v) is 3.77. The summed E-state index contributed by atoms with van der Waals surface area (Å²) in [6, 6.07) is 7.61. The van der Waals surface area contributed by atoms with Gasteiger partial charge in [0.1, 0.15) is 30.1 Å². The maximum Gasteiger partial charge on any atom is 0.248 e. The van der Waals surface area contributed by atoms with Gasteiger partial charge in [0, 0.05) is 57.7 Å². The molecule has 1 amide bonds. The van der Waals surface area contributed by atoms with Gasteiger partial charge in [0.2, 0.25) is 5.91 Å². The monoisotopic (exact) mass is 438 g/mol. The number of nitrogens with zero attached hydrogens (tertiary/aromatic N) is 4. The average Bonchev–Trinajstić information content (AvgIpc) is 3.55. The largest absolute Gasteiger partial charge is 0.488 e. The average molecular weight is 439 g/mol. The molecule has 170 valence electrons. The van der Waals surface area contributed by atoms with E-state index in [1.54, 1.807) is 4.90 Å². The molecule has 0 bridgehead atoms. The third-order valence-corrected chi connectivity index (χ3v) is 5.98. The third kappa shape index (κ3) is 4.83. The summed E-state index contributed by atoms with van der Waals surface area (Å²) in [6.45, 7) is 4.77. The van der Waals surface area contributed by atoms with Gasteiger partial charge in [-0.2, -0.15) is 0 Å². The Morgan fingerprint density at radius 2 is 1.94 bits per heavy atom. The summed E-state index contributed by atoms with van der Waals surface area (Å²) in [5, 5.41) is 12.0. The Hall–Kier alpha value is -3.20. The van der Waals surface area contributed by atoms with Crippen LogP contribution in [0.25, 0.3) is 0 Å². The second-order valence-electron chi connectivity index (χ2n) is 8.45. The summed E-state index contributed by atoms with van der Waals surface area (Å²) in [5.74, 6) is 1.51. The van der Waals surface area contributed by atoms with Crippen molar-refractivity contribution in [2.45, 2.75) is 25.4 Å². The third-order valence-electron chi connectivity index (χ3n) is 5.98. The van der Waals surface area contributed by atoms with Crippen LogP contribution in [0.1, 0.15) is 31.0 Å². The second kappa shape index (κ2) is 9.12. The molecule has 1 saturated carbocycles. The number of nitrogens with one attached hydrogen (secondary N) is 2. The molecule has 2 aliphatic rings. The highest BCUT2D eigenvalue weighted by molar-refractivity contribution is 6.13. The number of hydrogen-bond donors (Lipinski definition) is 2. The molecule has 1 aliphatic carbocycles. The van der Waals surface area contributed by atoms with Crippen molar-refractivity contribution in [3.8, 4) is 5.75 Å². The summed E-state index contributed by atoms with van der Waals surface area (Å²) in [4.78, 5) is 24.7. The van der Waals surface area contributed by atoms with Crippen LogP contribution in [-0.2, 0) is 9.53 Å². The molecule has 1 aliphatic heterocycles. The van der Waals surface area contributed by atoms with Gasteiger partial charge in [-0.3, -0.25) is 10.2 Å². The number of hydrogen-bond acceptors (Lipinski definition) is 8. The SMILES string of the molecule is CNc1ccc(OC2(C)CC2)cc1C(=N)c1cc(N2CCN(C(=O)COC)CC2)ncn1. The molecule has 2 heterocycles. The highest BCUT2D eigenvalue weighted by Gasteiger charge is 2.40. The zero-order valence-corrected chi connectivity index (χ0v) is 18.9. The van der Waals surface area contributed by atoms with E-state index in [9.17, 15) is 4.79 Å². The summed E-state index contributed by atoms with van der Waals surface area (Å²) >= 11 is 0. The van der Waals surface area contributed by atoms with Crippen LogP contribution >= 0.6 is 0 Å². The zero-order valence-electron chi connectivity index (χ0n) is 18.9. The van der Waals surface area contributed by atoms with Crippen molar-refractivity contribution >= 4 is 23.1 Å². The van der Waals surface area contributed by atoms with Crippen molar-refractivity contribution in [3.63, 3.8) is 0 Å². The Balaban J connectivity index is 1.50. The number of anilines is 2. The number of methoxy groups -OCH3 is 1. The molecule has 32 heavy (non-hydrogen) atoms. The fraction of sp³-hybridized carbons (Fsp3) is 0.478. The molecule has 2 fully saturated rings. The molecule has 0 spiro atoms. The van der Waals surface area contributed by atoms with Crippen LogP contribution in [0.3, 0.4) is 0 Å². The Kier molecular flexibility index (Phi) is 6.27. The van der Waals surface area contributed by atoms with Gasteiger partial charge < -0.3 is 24.6 Å².